The molecule has 1 aliphatic carbocycles. The van der Waals surface area contributed by atoms with Gasteiger partial charge in [-0.05, 0) is 12.5 Å². The van der Waals surface area contributed by atoms with Crippen molar-refractivity contribution in [2.24, 2.45) is 5.92 Å². The quantitative estimate of drug-likeness (QED) is 0.449. The molecule has 0 heterocycles. The van der Waals surface area contributed by atoms with E-state index >= 15 is 0 Å². The molecule has 0 saturated heterocycles. The topological polar surface area (TPSA) is 104 Å². The van der Waals surface area contributed by atoms with Crippen LogP contribution in [0, 0.1) is 5.92 Å². The molecule has 5 atom stereocenters. The number of esters is 1. The van der Waals surface area contributed by atoms with E-state index in [1.54, 1.807) is 13.8 Å². The Kier molecular flexibility index (Phi) is 5.01. The van der Waals surface area contributed by atoms with E-state index in [-0.39, 0.29) is 11.5 Å². The minimum atomic E-state index is -1.52. The first-order chi connectivity index (χ1) is 8.42. The highest BCUT2D eigenvalue weighted by atomic mass is 16.6. The number of carbonyl (C=O) groups is 2. The zero-order valence-corrected chi connectivity index (χ0v) is 10.3. The van der Waals surface area contributed by atoms with E-state index in [1.807, 2.05) is 0 Å². The average Bonchev–Trinajstić information content (AvgIpc) is 2.37. The van der Waals surface area contributed by atoms with E-state index < -0.39 is 30.4 Å². The summed E-state index contributed by atoms with van der Waals surface area (Å²) < 4.78 is 5.02. The Bertz CT molecular complexity index is 350. The fourth-order valence-electron chi connectivity index (χ4n) is 1.62. The van der Waals surface area contributed by atoms with Gasteiger partial charge in [-0.3, -0.25) is 9.59 Å². The minimum absolute atomic E-state index is 0.0445. The molecule has 0 amide bonds. The monoisotopic (exact) mass is 258 g/mol. The number of aldehydes is 1. The molecule has 0 saturated carbocycles. The number of hydrogen-bond donors (Lipinski definition) is 3. The first kappa shape index (κ1) is 14.8. The molecule has 0 aliphatic heterocycles. The Morgan fingerprint density at radius 1 is 1.44 bits per heavy atom. The highest BCUT2D eigenvalue weighted by molar-refractivity contribution is 5.78. The van der Waals surface area contributed by atoms with Crippen LogP contribution in [0.3, 0.4) is 0 Å². The fourth-order valence-corrected chi connectivity index (χ4v) is 1.62. The number of aliphatic hydroxyl groups is 3. The maximum absolute atomic E-state index is 11.6. The van der Waals surface area contributed by atoms with E-state index in [1.165, 1.54) is 0 Å². The van der Waals surface area contributed by atoms with Crippen LogP contribution in [0.25, 0.3) is 0 Å². The van der Waals surface area contributed by atoms with E-state index in [4.69, 9.17) is 4.74 Å². The second-order valence-corrected chi connectivity index (χ2v) is 4.42. The summed E-state index contributed by atoms with van der Waals surface area (Å²) in [5.74, 6) is -0.924. The van der Waals surface area contributed by atoms with Crippen molar-refractivity contribution in [3.63, 3.8) is 0 Å². The Labute approximate surface area is 105 Å². The zero-order valence-electron chi connectivity index (χ0n) is 10.3. The first-order valence-electron chi connectivity index (χ1n) is 5.83. The molecule has 3 N–H and O–H groups in total. The lowest BCUT2D eigenvalue weighted by Gasteiger charge is -2.33. The van der Waals surface area contributed by atoms with Crippen LogP contribution in [-0.4, -0.2) is 52.0 Å². The maximum Gasteiger partial charge on any atom is 0.309 e. The van der Waals surface area contributed by atoms with Crippen LogP contribution in [-0.2, 0) is 14.3 Å². The average molecular weight is 258 g/mol. The van der Waals surface area contributed by atoms with Crippen molar-refractivity contribution in [1.29, 1.82) is 0 Å². The Morgan fingerprint density at radius 2 is 2.06 bits per heavy atom. The molecule has 1 rings (SSSR count). The molecule has 0 aromatic heterocycles. The second-order valence-electron chi connectivity index (χ2n) is 4.42. The largest absolute Gasteiger partial charge is 0.454 e. The van der Waals surface area contributed by atoms with E-state index in [0.717, 1.165) is 6.08 Å². The number of carbonyl (C=O) groups excluding carboxylic acids is 2. The first-order valence-corrected chi connectivity index (χ1v) is 5.83. The molecular weight excluding hydrogens is 240 g/mol. The molecule has 6 heteroatoms. The third-order valence-corrected chi connectivity index (χ3v) is 3.10. The summed E-state index contributed by atoms with van der Waals surface area (Å²) in [6, 6.07) is 0. The van der Waals surface area contributed by atoms with Crippen molar-refractivity contribution in [1.82, 2.24) is 0 Å². The molecular formula is C12H18O6. The van der Waals surface area contributed by atoms with Gasteiger partial charge in [0.05, 0.1) is 5.92 Å². The summed E-state index contributed by atoms with van der Waals surface area (Å²) in [5, 5.41) is 28.6. The van der Waals surface area contributed by atoms with Crippen LogP contribution in [0.15, 0.2) is 11.6 Å². The van der Waals surface area contributed by atoms with Crippen molar-refractivity contribution in [2.45, 2.75) is 44.7 Å². The molecule has 1 aliphatic rings. The van der Waals surface area contributed by atoms with Gasteiger partial charge >= 0.3 is 5.97 Å². The van der Waals surface area contributed by atoms with Gasteiger partial charge in [-0.2, -0.15) is 0 Å². The van der Waals surface area contributed by atoms with Gasteiger partial charge in [-0.25, -0.2) is 0 Å². The Balaban J connectivity index is 2.88. The maximum atomic E-state index is 11.6. The summed E-state index contributed by atoms with van der Waals surface area (Å²) in [7, 11) is 0. The van der Waals surface area contributed by atoms with E-state index in [2.05, 4.69) is 0 Å². The van der Waals surface area contributed by atoms with Gasteiger partial charge in [0.15, 0.2) is 6.10 Å². The van der Waals surface area contributed by atoms with Crippen molar-refractivity contribution in [3.05, 3.63) is 11.6 Å². The van der Waals surface area contributed by atoms with Gasteiger partial charge in [0.25, 0.3) is 0 Å². The van der Waals surface area contributed by atoms with Gasteiger partial charge < -0.3 is 20.1 Å². The predicted octanol–water partition coefficient (Wildman–Crippen LogP) is -0.834. The predicted molar refractivity (Wildman–Crippen MR) is 61.5 cm³/mol. The lowest BCUT2D eigenvalue weighted by Crippen LogP contribution is -2.50. The van der Waals surface area contributed by atoms with E-state index in [0.29, 0.717) is 12.7 Å². The summed E-state index contributed by atoms with van der Waals surface area (Å²) in [6.07, 6.45) is -3.54. The van der Waals surface area contributed by atoms with E-state index in [9.17, 15) is 24.9 Å². The molecule has 0 radical (unpaired) electrons. The highest BCUT2D eigenvalue weighted by Gasteiger charge is 2.40. The Morgan fingerprint density at radius 3 is 2.56 bits per heavy atom. The zero-order chi connectivity index (χ0) is 13.9. The Hall–Kier alpha value is -1.24. The summed E-state index contributed by atoms with van der Waals surface area (Å²) >= 11 is 0. The van der Waals surface area contributed by atoms with Crippen molar-refractivity contribution >= 4 is 12.3 Å². The number of ether oxygens (including phenoxy) is 1. The SMILES string of the molecule is CCC(C)C(=O)OC1C(C=O)=CC(O)C(O)C1O. The van der Waals surface area contributed by atoms with Crippen molar-refractivity contribution < 1.29 is 29.6 Å². The summed E-state index contributed by atoms with van der Waals surface area (Å²) in [6.45, 7) is 3.46. The van der Waals surface area contributed by atoms with Crippen LogP contribution in [0.4, 0.5) is 0 Å². The lowest BCUT2D eigenvalue weighted by molar-refractivity contribution is -0.165. The molecule has 5 unspecified atom stereocenters. The molecule has 6 nitrogen and oxygen atoms in total. The third kappa shape index (κ3) is 2.95. The highest BCUT2D eigenvalue weighted by Crippen LogP contribution is 2.23. The third-order valence-electron chi connectivity index (χ3n) is 3.10. The van der Waals surface area contributed by atoms with Gasteiger partial charge in [-0.15, -0.1) is 0 Å². The van der Waals surface area contributed by atoms with Crippen LogP contribution in [0.5, 0.6) is 0 Å². The molecule has 0 fully saturated rings. The molecule has 18 heavy (non-hydrogen) atoms. The number of aliphatic hydroxyl groups excluding tert-OH is 3. The normalized spacial score (nSPS) is 33.5. The molecule has 0 bridgehead atoms. The minimum Gasteiger partial charge on any atom is -0.454 e. The number of hydrogen-bond acceptors (Lipinski definition) is 6. The molecule has 0 spiro atoms. The van der Waals surface area contributed by atoms with Crippen LogP contribution < -0.4 is 0 Å². The van der Waals surface area contributed by atoms with Crippen LogP contribution in [0.1, 0.15) is 20.3 Å². The molecule has 102 valence electrons. The van der Waals surface area contributed by atoms with Gasteiger partial charge in [0.2, 0.25) is 0 Å². The van der Waals surface area contributed by atoms with Crippen LogP contribution >= 0.6 is 0 Å². The van der Waals surface area contributed by atoms with Gasteiger partial charge in [0, 0.05) is 5.57 Å². The summed E-state index contributed by atoms with van der Waals surface area (Å²) in [4.78, 5) is 22.4. The summed E-state index contributed by atoms with van der Waals surface area (Å²) in [5.41, 5.74) is -0.0445. The second kappa shape index (κ2) is 6.08. The van der Waals surface area contributed by atoms with Gasteiger partial charge in [-0.1, -0.05) is 13.8 Å². The van der Waals surface area contributed by atoms with Gasteiger partial charge in [0.1, 0.15) is 24.6 Å². The number of rotatable bonds is 4. The molecule has 0 aromatic rings. The molecule has 0 aromatic carbocycles. The van der Waals surface area contributed by atoms with Crippen molar-refractivity contribution in [3.8, 4) is 0 Å². The van der Waals surface area contributed by atoms with Crippen LogP contribution in [0.2, 0.25) is 0 Å². The lowest BCUT2D eigenvalue weighted by atomic mass is 9.90. The fraction of sp³-hybridized carbons (Fsp3) is 0.667. The van der Waals surface area contributed by atoms with Crippen molar-refractivity contribution in [2.75, 3.05) is 0 Å². The smallest absolute Gasteiger partial charge is 0.309 e. The standard InChI is InChI=1S/C12H18O6/c1-3-6(2)12(17)18-11-7(5-13)4-8(14)9(15)10(11)16/h4-6,8-11,14-16H,3H2,1-2H3.